The Hall–Kier alpha value is -2.74. The summed E-state index contributed by atoms with van der Waals surface area (Å²) >= 11 is 16.0. The van der Waals surface area contributed by atoms with Gasteiger partial charge in [0.05, 0.1) is 30.5 Å². The molecule has 0 bridgehead atoms. The highest BCUT2D eigenvalue weighted by molar-refractivity contribution is 9.10. The summed E-state index contributed by atoms with van der Waals surface area (Å²) in [5.74, 6) is 0.879. The molecule has 1 amide bonds. The maximum Gasteiger partial charge on any atom is 0.275 e. The predicted octanol–water partition coefficient (Wildman–Crippen LogP) is 6.51. The number of hydrogen-bond acceptors (Lipinski definition) is 5. The van der Waals surface area contributed by atoms with E-state index in [9.17, 15) is 4.79 Å². The number of methoxy groups -OCH3 is 1. The molecule has 0 unspecified atom stereocenters. The van der Waals surface area contributed by atoms with Crippen molar-refractivity contribution in [2.45, 2.75) is 13.5 Å². The fourth-order valence-electron chi connectivity index (χ4n) is 2.91. The van der Waals surface area contributed by atoms with E-state index >= 15 is 0 Å². The Morgan fingerprint density at radius 1 is 1.06 bits per heavy atom. The van der Waals surface area contributed by atoms with Crippen molar-refractivity contribution in [3.05, 3.63) is 85.8 Å². The van der Waals surface area contributed by atoms with Crippen LogP contribution in [0.25, 0.3) is 0 Å². The van der Waals surface area contributed by atoms with Gasteiger partial charge in [-0.15, -0.1) is 0 Å². The first-order valence-electron chi connectivity index (χ1n) is 9.92. The lowest BCUT2D eigenvalue weighted by Gasteiger charge is -2.15. The largest absolute Gasteiger partial charge is 0.496 e. The van der Waals surface area contributed by atoms with Crippen LogP contribution in [0.1, 0.15) is 28.4 Å². The molecule has 0 fully saturated rings. The lowest BCUT2D eigenvalue weighted by molar-refractivity contribution is 0.0952. The Morgan fingerprint density at radius 3 is 2.58 bits per heavy atom. The van der Waals surface area contributed by atoms with E-state index in [1.165, 1.54) is 13.3 Å². The third kappa shape index (κ3) is 6.63. The van der Waals surface area contributed by atoms with Crippen LogP contribution in [0.5, 0.6) is 17.2 Å². The molecule has 33 heavy (non-hydrogen) atoms. The van der Waals surface area contributed by atoms with Crippen molar-refractivity contribution in [3.8, 4) is 17.2 Å². The maximum absolute atomic E-state index is 12.5. The molecular weight excluding hydrogens is 531 g/mol. The van der Waals surface area contributed by atoms with Crippen molar-refractivity contribution in [3.63, 3.8) is 0 Å². The number of carbonyl (C=O) groups excluding carboxylic acids is 1. The fraction of sp³-hybridized carbons (Fsp3) is 0.167. The van der Waals surface area contributed by atoms with Gasteiger partial charge in [0, 0.05) is 15.1 Å². The predicted molar refractivity (Wildman–Crippen MR) is 134 cm³/mol. The van der Waals surface area contributed by atoms with Crippen LogP contribution in [-0.2, 0) is 6.61 Å². The first-order valence-corrected chi connectivity index (χ1v) is 11.5. The van der Waals surface area contributed by atoms with Gasteiger partial charge >= 0.3 is 0 Å². The standard InChI is InChI=1S/C24H21BrCl2N2O4/c1-3-32-22-11-15(10-20(27)23(22)33-14-16-6-4-5-7-19(16)26)13-28-29-24(30)18-12-17(25)8-9-21(18)31-2/h4-13H,3,14H2,1-2H3,(H,29,30)/b28-13-. The molecule has 0 spiro atoms. The number of nitrogens with zero attached hydrogens (tertiary/aromatic N) is 1. The Labute approximate surface area is 210 Å². The van der Waals surface area contributed by atoms with E-state index in [0.29, 0.717) is 45.0 Å². The molecule has 0 atom stereocenters. The zero-order valence-corrected chi connectivity index (χ0v) is 21.0. The van der Waals surface area contributed by atoms with E-state index in [2.05, 4.69) is 26.5 Å². The summed E-state index contributed by atoms with van der Waals surface area (Å²) in [6, 6.07) is 15.9. The lowest BCUT2D eigenvalue weighted by Crippen LogP contribution is -2.18. The molecule has 3 aromatic carbocycles. The highest BCUT2D eigenvalue weighted by Gasteiger charge is 2.14. The van der Waals surface area contributed by atoms with Gasteiger partial charge in [-0.1, -0.05) is 57.3 Å². The van der Waals surface area contributed by atoms with E-state index in [4.69, 9.17) is 37.4 Å². The summed E-state index contributed by atoms with van der Waals surface area (Å²) in [6.45, 7) is 2.51. The first-order chi connectivity index (χ1) is 15.9. The molecule has 0 aliphatic heterocycles. The van der Waals surface area contributed by atoms with Crippen molar-refractivity contribution in [2.24, 2.45) is 5.10 Å². The molecule has 6 nitrogen and oxygen atoms in total. The third-order valence-electron chi connectivity index (χ3n) is 4.45. The minimum Gasteiger partial charge on any atom is -0.496 e. The van der Waals surface area contributed by atoms with Gasteiger partial charge in [0.1, 0.15) is 12.4 Å². The first kappa shape index (κ1) is 24.9. The van der Waals surface area contributed by atoms with E-state index in [0.717, 1.165) is 10.0 Å². The monoisotopic (exact) mass is 550 g/mol. The van der Waals surface area contributed by atoms with Crippen molar-refractivity contribution in [1.82, 2.24) is 5.43 Å². The smallest absolute Gasteiger partial charge is 0.275 e. The number of nitrogens with one attached hydrogen (secondary N) is 1. The van der Waals surface area contributed by atoms with Gasteiger partial charge in [-0.25, -0.2) is 5.43 Å². The summed E-state index contributed by atoms with van der Waals surface area (Å²) in [4.78, 5) is 12.5. The molecule has 0 aromatic heterocycles. The quantitative estimate of drug-likeness (QED) is 0.243. The molecular formula is C24H21BrCl2N2O4. The summed E-state index contributed by atoms with van der Waals surface area (Å²) in [5.41, 5.74) is 4.28. The van der Waals surface area contributed by atoms with Gasteiger partial charge in [-0.3, -0.25) is 4.79 Å². The number of carbonyl (C=O) groups is 1. The minimum absolute atomic E-state index is 0.234. The van der Waals surface area contributed by atoms with Crippen molar-refractivity contribution >= 4 is 51.3 Å². The summed E-state index contributed by atoms with van der Waals surface area (Å²) in [7, 11) is 1.50. The number of amides is 1. The van der Waals surface area contributed by atoms with Crippen LogP contribution in [0, 0.1) is 0 Å². The molecule has 0 aliphatic rings. The maximum atomic E-state index is 12.5. The lowest BCUT2D eigenvalue weighted by atomic mass is 10.2. The van der Waals surface area contributed by atoms with Crippen LogP contribution < -0.4 is 19.6 Å². The molecule has 9 heteroatoms. The average molecular weight is 552 g/mol. The normalized spacial score (nSPS) is 10.8. The molecule has 0 aliphatic carbocycles. The average Bonchev–Trinajstić information content (AvgIpc) is 2.79. The highest BCUT2D eigenvalue weighted by atomic mass is 79.9. The van der Waals surface area contributed by atoms with Gasteiger partial charge < -0.3 is 14.2 Å². The van der Waals surface area contributed by atoms with E-state index in [-0.39, 0.29) is 6.61 Å². The van der Waals surface area contributed by atoms with Gasteiger partial charge in [0.25, 0.3) is 5.91 Å². The number of hydrazone groups is 1. The fourth-order valence-corrected chi connectivity index (χ4v) is 3.74. The molecule has 0 saturated heterocycles. The molecule has 3 rings (SSSR count). The van der Waals surface area contributed by atoms with E-state index in [1.54, 1.807) is 36.4 Å². The second kappa shape index (κ2) is 11.9. The van der Waals surface area contributed by atoms with Crippen LogP contribution in [0.2, 0.25) is 10.0 Å². The third-order valence-corrected chi connectivity index (χ3v) is 5.59. The van der Waals surface area contributed by atoms with Crippen LogP contribution >= 0.6 is 39.1 Å². The van der Waals surface area contributed by atoms with Crippen LogP contribution in [0.4, 0.5) is 0 Å². The van der Waals surface area contributed by atoms with E-state index in [1.807, 2.05) is 25.1 Å². The molecule has 172 valence electrons. The summed E-state index contributed by atoms with van der Waals surface area (Å²) in [5, 5.41) is 4.98. The summed E-state index contributed by atoms with van der Waals surface area (Å²) in [6.07, 6.45) is 1.47. The highest BCUT2D eigenvalue weighted by Crippen LogP contribution is 2.37. The van der Waals surface area contributed by atoms with Gasteiger partial charge in [0.15, 0.2) is 11.5 Å². The second-order valence-electron chi connectivity index (χ2n) is 6.69. The Morgan fingerprint density at radius 2 is 1.85 bits per heavy atom. The number of benzene rings is 3. The van der Waals surface area contributed by atoms with Crippen LogP contribution in [0.3, 0.4) is 0 Å². The van der Waals surface area contributed by atoms with Gasteiger partial charge in [0.2, 0.25) is 0 Å². The van der Waals surface area contributed by atoms with Crippen LogP contribution in [-0.4, -0.2) is 25.8 Å². The van der Waals surface area contributed by atoms with E-state index < -0.39 is 5.91 Å². The van der Waals surface area contributed by atoms with Crippen molar-refractivity contribution in [1.29, 1.82) is 0 Å². The molecule has 3 aromatic rings. The van der Waals surface area contributed by atoms with Crippen molar-refractivity contribution in [2.75, 3.05) is 13.7 Å². The van der Waals surface area contributed by atoms with Gasteiger partial charge in [-0.2, -0.15) is 5.10 Å². The minimum atomic E-state index is -0.416. The Balaban J connectivity index is 1.76. The van der Waals surface area contributed by atoms with Crippen LogP contribution in [0.15, 0.2) is 64.2 Å². The topological polar surface area (TPSA) is 69.2 Å². The van der Waals surface area contributed by atoms with Gasteiger partial charge in [-0.05, 0) is 48.9 Å². The molecule has 0 heterocycles. The zero-order chi connectivity index (χ0) is 23.8. The Bertz CT molecular complexity index is 1170. The number of rotatable bonds is 9. The number of ether oxygens (including phenoxy) is 3. The van der Waals surface area contributed by atoms with Crippen molar-refractivity contribution < 1.29 is 19.0 Å². The molecule has 0 radical (unpaired) electrons. The number of halogens is 3. The SMILES string of the molecule is CCOc1cc(/C=N\NC(=O)c2cc(Br)ccc2OC)cc(Cl)c1OCc1ccccc1Cl. The zero-order valence-electron chi connectivity index (χ0n) is 17.9. The molecule has 1 N–H and O–H groups in total. The summed E-state index contributed by atoms with van der Waals surface area (Å²) < 4.78 is 17.6. The molecule has 0 saturated carbocycles. The number of hydrogen-bond donors (Lipinski definition) is 1. The second-order valence-corrected chi connectivity index (χ2v) is 8.42. The Kier molecular flexibility index (Phi) is 9.00.